The summed E-state index contributed by atoms with van der Waals surface area (Å²) in [6.07, 6.45) is 8.33. The quantitative estimate of drug-likeness (QED) is 0.513. The minimum absolute atomic E-state index is 0.246. The summed E-state index contributed by atoms with van der Waals surface area (Å²) in [5, 5.41) is 12.9. The highest BCUT2D eigenvalue weighted by atomic mass is 16.4. The average Bonchev–Trinajstić information content (AvgIpc) is 2.47. The summed E-state index contributed by atoms with van der Waals surface area (Å²) >= 11 is 0. The van der Waals surface area contributed by atoms with Crippen LogP contribution in [0.5, 0.6) is 0 Å². The number of hydrogen-bond donors (Lipinski definition) is 1. The number of allylic oxidation sites excluding steroid dienone is 2. The lowest BCUT2D eigenvalue weighted by atomic mass is 9.96. The van der Waals surface area contributed by atoms with Gasteiger partial charge in [-0.3, -0.25) is 4.90 Å². The molecule has 0 amide bonds. The molecule has 20 heavy (non-hydrogen) atoms. The van der Waals surface area contributed by atoms with E-state index in [9.17, 15) is 5.21 Å². The molecule has 1 N–H and O–H groups in total. The molecule has 0 aromatic heterocycles. The van der Waals surface area contributed by atoms with Gasteiger partial charge in [-0.05, 0) is 37.8 Å². The van der Waals surface area contributed by atoms with E-state index in [1.165, 1.54) is 5.56 Å². The Morgan fingerprint density at radius 3 is 2.65 bits per heavy atom. The van der Waals surface area contributed by atoms with E-state index in [-0.39, 0.29) is 6.04 Å². The van der Waals surface area contributed by atoms with Crippen LogP contribution in [0.25, 0.3) is 0 Å². The lowest BCUT2D eigenvalue weighted by Crippen LogP contribution is -2.41. The third kappa shape index (κ3) is 3.94. The Bertz CT molecular complexity index is 453. The van der Waals surface area contributed by atoms with Crippen molar-refractivity contribution in [2.24, 2.45) is 5.16 Å². The van der Waals surface area contributed by atoms with Gasteiger partial charge in [-0.1, -0.05) is 54.6 Å². The molecule has 1 aliphatic carbocycles. The zero-order valence-electron chi connectivity index (χ0n) is 12.2. The molecule has 3 heteroatoms. The predicted octanol–water partition coefficient (Wildman–Crippen LogP) is 3.84. The molecule has 0 saturated carbocycles. The third-order valence-corrected chi connectivity index (χ3v) is 3.93. The fourth-order valence-corrected chi connectivity index (χ4v) is 2.82. The third-order valence-electron chi connectivity index (χ3n) is 3.93. The molecule has 1 atom stereocenters. The van der Waals surface area contributed by atoms with Crippen LogP contribution in [-0.4, -0.2) is 28.4 Å². The van der Waals surface area contributed by atoms with Crippen molar-refractivity contribution in [3.8, 4) is 0 Å². The van der Waals surface area contributed by atoms with Crippen molar-refractivity contribution in [2.45, 2.75) is 45.2 Å². The van der Waals surface area contributed by atoms with E-state index >= 15 is 0 Å². The zero-order valence-corrected chi connectivity index (χ0v) is 12.2. The first kappa shape index (κ1) is 14.8. The SMILES string of the molecule is CCN(Cc1ccccc1)C1CCC=CCCC1=NO. The summed E-state index contributed by atoms with van der Waals surface area (Å²) in [6.45, 7) is 4.04. The Kier molecular flexibility index (Phi) is 5.81. The molecule has 1 aliphatic rings. The van der Waals surface area contributed by atoms with Gasteiger partial charge in [0.2, 0.25) is 0 Å². The number of rotatable bonds is 4. The monoisotopic (exact) mass is 272 g/mol. The van der Waals surface area contributed by atoms with Crippen LogP contribution in [-0.2, 0) is 6.54 Å². The van der Waals surface area contributed by atoms with Crippen molar-refractivity contribution in [2.75, 3.05) is 6.54 Å². The Balaban J connectivity index is 2.13. The molecule has 0 radical (unpaired) electrons. The van der Waals surface area contributed by atoms with Gasteiger partial charge in [0, 0.05) is 6.54 Å². The second-order valence-electron chi connectivity index (χ2n) is 5.24. The van der Waals surface area contributed by atoms with Gasteiger partial charge in [0.25, 0.3) is 0 Å². The van der Waals surface area contributed by atoms with Crippen LogP contribution in [0.3, 0.4) is 0 Å². The van der Waals surface area contributed by atoms with Gasteiger partial charge in [-0.15, -0.1) is 0 Å². The molecule has 0 heterocycles. The van der Waals surface area contributed by atoms with Crippen LogP contribution >= 0.6 is 0 Å². The van der Waals surface area contributed by atoms with Gasteiger partial charge in [0.05, 0.1) is 11.8 Å². The van der Waals surface area contributed by atoms with E-state index in [0.29, 0.717) is 0 Å². The highest BCUT2D eigenvalue weighted by Gasteiger charge is 2.23. The summed E-state index contributed by atoms with van der Waals surface area (Å²) in [5.41, 5.74) is 2.23. The maximum atomic E-state index is 9.33. The molecule has 0 bridgehead atoms. The molecule has 1 aromatic rings. The Morgan fingerprint density at radius 2 is 1.95 bits per heavy atom. The Labute approximate surface area is 121 Å². The first-order valence-corrected chi connectivity index (χ1v) is 7.49. The molecule has 2 rings (SSSR count). The highest BCUT2D eigenvalue weighted by molar-refractivity contribution is 5.89. The summed E-state index contributed by atoms with van der Waals surface area (Å²) in [4.78, 5) is 2.41. The van der Waals surface area contributed by atoms with Crippen molar-refractivity contribution >= 4 is 5.71 Å². The van der Waals surface area contributed by atoms with Crippen LogP contribution < -0.4 is 0 Å². The molecule has 1 unspecified atom stereocenters. The fraction of sp³-hybridized carbons (Fsp3) is 0.471. The highest BCUT2D eigenvalue weighted by Crippen LogP contribution is 2.18. The maximum Gasteiger partial charge on any atom is 0.0745 e. The fourth-order valence-electron chi connectivity index (χ4n) is 2.82. The minimum atomic E-state index is 0.246. The molecule has 0 spiro atoms. The Hall–Kier alpha value is -1.61. The molecule has 1 aromatic carbocycles. The van der Waals surface area contributed by atoms with Crippen LogP contribution in [0.4, 0.5) is 0 Å². The second kappa shape index (κ2) is 7.85. The van der Waals surface area contributed by atoms with Gasteiger partial charge >= 0.3 is 0 Å². The smallest absolute Gasteiger partial charge is 0.0745 e. The van der Waals surface area contributed by atoms with E-state index in [0.717, 1.165) is 44.5 Å². The lowest BCUT2D eigenvalue weighted by Gasteiger charge is -2.31. The van der Waals surface area contributed by atoms with Gasteiger partial charge in [0.1, 0.15) is 0 Å². The van der Waals surface area contributed by atoms with E-state index < -0.39 is 0 Å². The molecule has 3 nitrogen and oxygen atoms in total. The van der Waals surface area contributed by atoms with E-state index in [2.05, 4.69) is 53.4 Å². The van der Waals surface area contributed by atoms with Crippen molar-refractivity contribution in [3.63, 3.8) is 0 Å². The summed E-state index contributed by atoms with van der Waals surface area (Å²) in [5.74, 6) is 0. The number of benzene rings is 1. The largest absolute Gasteiger partial charge is 0.411 e. The number of nitrogens with zero attached hydrogens (tertiary/aromatic N) is 2. The minimum Gasteiger partial charge on any atom is -0.411 e. The van der Waals surface area contributed by atoms with Gasteiger partial charge in [-0.2, -0.15) is 0 Å². The van der Waals surface area contributed by atoms with Crippen LogP contribution in [0.2, 0.25) is 0 Å². The zero-order chi connectivity index (χ0) is 14.2. The van der Waals surface area contributed by atoms with Gasteiger partial charge in [0.15, 0.2) is 0 Å². The van der Waals surface area contributed by atoms with E-state index in [4.69, 9.17) is 0 Å². The maximum absolute atomic E-state index is 9.33. The van der Waals surface area contributed by atoms with Gasteiger partial charge < -0.3 is 5.21 Å². The molecule has 108 valence electrons. The summed E-state index contributed by atoms with van der Waals surface area (Å²) in [7, 11) is 0. The standard InChI is InChI=1S/C17H24N2O/c1-2-19(14-15-10-6-5-7-11-15)17-13-9-4-3-8-12-16(17)18-20/h3-7,10-11,17,20H,2,8-9,12-14H2,1H3. The first-order valence-electron chi connectivity index (χ1n) is 7.49. The van der Waals surface area contributed by atoms with Crippen molar-refractivity contribution in [3.05, 3.63) is 48.0 Å². The molecular weight excluding hydrogens is 248 g/mol. The van der Waals surface area contributed by atoms with Crippen molar-refractivity contribution in [1.29, 1.82) is 0 Å². The molecule has 0 fully saturated rings. The van der Waals surface area contributed by atoms with Crippen LogP contribution in [0.1, 0.15) is 38.2 Å². The van der Waals surface area contributed by atoms with E-state index in [1.807, 2.05) is 6.07 Å². The van der Waals surface area contributed by atoms with Crippen LogP contribution in [0, 0.1) is 0 Å². The van der Waals surface area contributed by atoms with Crippen molar-refractivity contribution in [1.82, 2.24) is 4.90 Å². The normalized spacial score (nSPS) is 21.9. The lowest BCUT2D eigenvalue weighted by molar-refractivity contribution is 0.225. The van der Waals surface area contributed by atoms with Gasteiger partial charge in [-0.25, -0.2) is 0 Å². The number of oxime groups is 1. The number of hydrogen-bond acceptors (Lipinski definition) is 3. The molecule has 0 aliphatic heterocycles. The topological polar surface area (TPSA) is 35.8 Å². The molecular formula is C17H24N2O. The first-order chi connectivity index (χ1) is 9.85. The summed E-state index contributed by atoms with van der Waals surface area (Å²) in [6, 6.07) is 10.7. The van der Waals surface area contributed by atoms with Crippen molar-refractivity contribution < 1.29 is 5.21 Å². The summed E-state index contributed by atoms with van der Waals surface area (Å²) < 4.78 is 0. The molecule has 0 saturated heterocycles. The van der Waals surface area contributed by atoms with E-state index in [1.54, 1.807) is 0 Å². The second-order valence-corrected chi connectivity index (χ2v) is 5.24. The van der Waals surface area contributed by atoms with Crippen LogP contribution in [0.15, 0.2) is 47.6 Å². The average molecular weight is 272 g/mol. The Morgan fingerprint density at radius 1 is 1.20 bits per heavy atom. The predicted molar refractivity (Wildman–Crippen MR) is 83.1 cm³/mol.